The van der Waals surface area contributed by atoms with Crippen LogP contribution in [0.1, 0.15) is 49.7 Å². The molecule has 8 rings (SSSR count). The van der Waals surface area contributed by atoms with Gasteiger partial charge in [-0.15, -0.1) is 5.10 Å². The van der Waals surface area contributed by atoms with Crippen LogP contribution in [0.3, 0.4) is 0 Å². The average molecular weight is 837 g/mol. The summed E-state index contributed by atoms with van der Waals surface area (Å²) < 4.78 is 12.5. The normalized spacial score (nSPS) is 18.6. The molecule has 0 bridgehead atoms. The quantitative estimate of drug-likeness (QED) is 0.153. The minimum atomic E-state index is -1.12. The summed E-state index contributed by atoms with van der Waals surface area (Å²) in [5.41, 5.74) is 2.87. The second-order valence-corrected chi connectivity index (χ2v) is 16.5. The lowest BCUT2D eigenvalue weighted by Gasteiger charge is -2.40. The Hall–Kier alpha value is -6.17. The molecule has 3 aliphatic rings. The highest BCUT2D eigenvalue weighted by Crippen LogP contribution is 2.31. The number of aromatic amines is 1. The highest BCUT2D eigenvalue weighted by Gasteiger charge is 2.41. The fraction of sp³-hybridized carbons (Fsp3) is 0.381. The van der Waals surface area contributed by atoms with Gasteiger partial charge in [0, 0.05) is 72.5 Å². The van der Waals surface area contributed by atoms with Crippen LogP contribution in [0.2, 0.25) is 5.02 Å². The monoisotopic (exact) mass is 836 g/mol. The molecule has 60 heavy (non-hydrogen) atoms. The molecule has 3 saturated heterocycles. The summed E-state index contributed by atoms with van der Waals surface area (Å²) in [5.74, 6) is -2.77. The molecule has 4 amide bonds. The van der Waals surface area contributed by atoms with Crippen molar-refractivity contribution < 1.29 is 33.4 Å². The number of amides is 4. The number of H-pyrrole nitrogens is 1. The van der Waals surface area contributed by atoms with Crippen molar-refractivity contribution in [3.8, 4) is 5.69 Å². The first kappa shape index (κ1) is 40.6. The molecular weight excluding hydrogens is 792 g/mol. The van der Waals surface area contributed by atoms with Gasteiger partial charge in [-0.3, -0.25) is 24.1 Å². The maximum absolute atomic E-state index is 14.4. The largest absolute Gasteiger partial charge is 0.455 e. The van der Waals surface area contributed by atoms with E-state index in [1.54, 1.807) is 68.1 Å². The predicted molar refractivity (Wildman–Crippen MR) is 222 cm³/mol. The van der Waals surface area contributed by atoms with E-state index in [0.717, 1.165) is 31.7 Å². The highest BCUT2D eigenvalue weighted by molar-refractivity contribution is 6.41. The molecular formula is C42H45ClN10O7. The zero-order valence-electron chi connectivity index (χ0n) is 33.5. The smallest absolute Gasteiger partial charge is 0.355 e. The van der Waals surface area contributed by atoms with Crippen LogP contribution in [0.15, 0.2) is 73.1 Å². The number of piperazine rings is 2. The summed E-state index contributed by atoms with van der Waals surface area (Å²) in [6.45, 7) is 8.39. The molecule has 5 aromatic rings. The van der Waals surface area contributed by atoms with Gasteiger partial charge in [0.2, 0.25) is 11.8 Å². The summed E-state index contributed by atoms with van der Waals surface area (Å²) in [6, 6.07) is 18.1. The molecule has 0 radical (unpaired) electrons. The zero-order valence-corrected chi connectivity index (χ0v) is 34.2. The fourth-order valence-electron chi connectivity index (χ4n) is 7.90. The van der Waals surface area contributed by atoms with Crippen molar-refractivity contribution in [3.05, 3.63) is 89.3 Å². The summed E-state index contributed by atoms with van der Waals surface area (Å²) >= 11 is 6.35. The number of carbonyl (C=O) groups is 5. The Morgan fingerprint density at radius 1 is 0.950 bits per heavy atom. The molecule has 18 heteroatoms. The van der Waals surface area contributed by atoms with Crippen LogP contribution in [0, 0.1) is 0 Å². The Kier molecular flexibility index (Phi) is 11.4. The van der Waals surface area contributed by atoms with E-state index in [-0.39, 0.29) is 37.2 Å². The molecule has 2 N–H and O–H groups in total. The van der Waals surface area contributed by atoms with E-state index in [0.29, 0.717) is 58.2 Å². The first-order valence-electron chi connectivity index (χ1n) is 19.8. The molecule has 0 spiro atoms. The number of benzene rings is 3. The average Bonchev–Trinajstić information content (AvgIpc) is 3.92. The molecule has 0 aliphatic carbocycles. The van der Waals surface area contributed by atoms with Crippen molar-refractivity contribution in [2.24, 2.45) is 0 Å². The second kappa shape index (κ2) is 16.8. The molecule has 0 saturated carbocycles. The maximum atomic E-state index is 14.4. The third kappa shape index (κ3) is 8.73. The Bertz CT molecular complexity index is 2420. The fourth-order valence-corrected chi connectivity index (χ4v) is 8.07. The van der Waals surface area contributed by atoms with Crippen LogP contribution in [-0.4, -0.2) is 128 Å². The van der Waals surface area contributed by atoms with Gasteiger partial charge in [0.15, 0.2) is 0 Å². The summed E-state index contributed by atoms with van der Waals surface area (Å²) in [4.78, 5) is 78.2. The standard InChI is InChI=1S/C42H45ClN10O7/c1-42(2,3)60-41(58)33-21-27-20-29(9-12-32(27)46-33)45-38(55)36(19-26-6-10-30(11-7-26)50-15-14-49(23-37(50)54)31-5-4-18-59-24-31)52-17-16-51(39(56)40(52)57)35-22-28(43)8-13-34(35)53-25-44-47-48-53/h6-13,20-22,25,31,36,46H,4-5,14-19,23-24H2,1-3H3,(H,45,55)/t31?,36-/m0/s1. The van der Waals surface area contributed by atoms with E-state index in [1.165, 1.54) is 20.8 Å². The van der Waals surface area contributed by atoms with E-state index in [9.17, 15) is 24.0 Å². The van der Waals surface area contributed by atoms with E-state index >= 15 is 0 Å². The lowest BCUT2D eigenvalue weighted by atomic mass is 10.0. The number of carbonyl (C=O) groups excluding carboxylic acids is 5. The molecule has 3 aromatic carbocycles. The van der Waals surface area contributed by atoms with Gasteiger partial charge in [-0.25, -0.2) is 4.79 Å². The van der Waals surface area contributed by atoms with Crippen LogP contribution < -0.4 is 15.1 Å². The minimum Gasteiger partial charge on any atom is -0.455 e. The molecule has 2 atom stereocenters. The summed E-state index contributed by atoms with van der Waals surface area (Å²) in [5, 5.41) is 15.3. The van der Waals surface area contributed by atoms with Gasteiger partial charge in [-0.1, -0.05) is 23.7 Å². The number of nitrogens with zero attached hydrogens (tertiary/aromatic N) is 8. The van der Waals surface area contributed by atoms with Crippen molar-refractivity contribution in [2.45, 2.75) is 57.7 Å². The van der Waals surface area contributed by atoms with E-state index < -0.39 is 35.3 Å². The van der Waals surface area contributed by atoms with E-state index in [4.69, 9.17) is 21.1 Å². The number of nitrogens with one attached hydrogen (secondary N) is 2. The maximum Gasteiger partial charge on any atom is 0.355 e. The van der Waals surface area contributed by atoms with Crippen LogP contribution in [0.4, 0.5) is 17.1 Å². The summed E-state index contributed by atoms with van der Waals surface area (Å²) in [6.07, 6.45) is 3.43. The summed E-state index contributed by atoms with van der Waals surface area (Å²) in [7, 11) is 0. The number of hydrogen-bond donors (Lipinski definition) is 2. The Morgan fingerprint density at radius 3 is 2.47 bits per heavy atom. The van der Waals surface area contributed by atoms with Gasteiger partial charge in [0.05, 0.1) is 24.5 Å². The first-order chi connectivity index (χ1) is 28.8. The lowest BCUT2D eigenvalue weighted by molar-refractivity contribution is -0.149. The van der Waals surface area contributed by atoms with Crippen molar-refractivity contribution in [3.63, 3.8) is 0 Å². The van der Waals surface area contributed by atoms with Gasteiger partial charge >= 0.3 is 17.8 Å². The van der Waals surface area contributed by atoms with Crippen LogP contribution in [-0.2, 0) is 35.1 Å². The second-order valence-electron chi connectivity index (χ2n) is 16.1. The van der Waals surface area contributed by atoms with Gasteiger partial charge in [0.1, 0.15) is 23.7 Å². The van der Waals surface area contributed by atoms with Crippen molar-refractivity contribution >= 4 is 69.2 Å². The topological polar surface area (TPSA) is 188 Å². The molecule has 1 unspecified atom stereocenters. The van der Waals surface area contributed by atoms with Gasteiger partial charge < -0.3 is 34.5 Å². The van der Waals surface area contributed by atoms with Gasteiger partial charge in [-0.2, -0.15) is 4.68 Å². The molecule has 17 nitrogen and oxygen atoms in total. The Balaban J connectivity index is 1.03. The number of ether oxygens (including phenoxy) is 2. The Morgan fingerprint density at radius 2 is 1.75 bits per heavy atom. The lowest BCUT2D eigenvalue weighted by Crippen LogP contribution is -2.60. The molecule has 3 aliphatic heterocycles. The molecule has 5 heterocycles. The number of rotatable bonds is 10. The third-order valence-electron chi connectivity index (χ3n) is 10.8. The van der Waals surface area contributed by atoms with E-state index in [2.05, 4.69) is 30.7 Å². The zero-order chi connectivity index (χ0) is 42.1. The molecule has 3 fully saturated rings. The van der Waals surface area contributed by atoms with Gasteiger partial charge in [-0.05, 0) is 104 Å². The number of tetrazole rings is 1. The van der Waals surface area contributed by atoms with Crippen molar-refractivity contribution in [2.75, 3.05) is 61.1 Å². The van der Waals surface area contributed by atoms with Crippen LogP contribution in [0.5, 0.6) is 0 Å². The first-order valence-corrected chi connectivity index (χ1v) is 20.2. The van der Waals surface area contributed by atoms with E-state index in [1.807, 2.05) is 24.3 Å². The number of anilines is 3. The molecule has 312 valence electrons. The number of halogens is 1. The van der Waals surface area contributed by atoms with Crippen LogP contribution in [0.25, 0.3) is 16.6 Å². The number of aromatic nitrogens is 5. The Labute approximate surface area is 350 Å². The number of fused-ring (bicyclic) bond motifs is 1. The van der Waals surface area contributed by atoms with Crippen molar-refractivity contribution in [1.82, 2.24) is 35.0 Å². The van der Waals surface area contributed by atoms with Crippen molar-refractivity contribution in [1.29, 1.82) is 0 Å². The molecule has 2 aromatic heterocycles. The van der Waals surface area contributed by atoms with Gasteiger partial charge in [0.25, 0.3) is 0 Å². The number of esters is 1. The highest BCUT2D eigenvalue weighted by atomic mass is 35.5. The minimum absolute atomic E-state index is 0.000595. The predicted octanol–water partition coefficient (Wildman–Crippen LogP) is 4.01. The third-order valence-corrected chi connectivity index (χ3v) is 11.1. The van der Waals surface area contributed by atoms with Crippen LogP contribution >= 0.6 is 11.6 Å². The number of hydrogen-bond acceptors (Lipinski definition) is 11. The SMILES string of the molecule is CC(C)(C)OC(=O)c1cc2cc(NC(=O)[C@H](Cc3ccc(N4CCN(C5CCCOC5)CC4=O)cc3)N3CCN(c4cc(Cl)ccc4-n4cnnn4)C(=O)C3=O)ccc2[nH]1.